The minimum absolute atomic E-state index is 0.0175. The molecule has 332 valence electrons. The molecule has 0 atom stereocenters. The van der Waals surface area contributed by atoms with E-state index in [2.05, 4.69) is 214 Å². The number of hydrogen-bond donors (Lipinski definition) is 0. The molecule has 4 aliphatic rings. The first-order valence-electron chi connectivity index (χ1n) is 24.6. The summed E-state index contributed by atoms with van der Waals surface area (Å²) in [5.41, 5.74) is 25.4. The van der Waals surface area contributed by atoms with Crippen LogP contribution in [0.25, 0.3) is 70.5 Å². The Morgan fingerprint density at radius 1 is 0.612 bits per heavy atom. The molecule has 0 spiro atoms. The molecule has 2 aromatic heterocycles. The van der Waals surface area contributed by atoms with Crippen LogP contribution in [-0.2, 0) is 27.1 Å². The van der Waals surface area contributed by atoms with Crippen molar-refractivity contribution in [2.75, 3.05) is 4.81 Å². The topological polar surface area (TPSA) is 21.1 Å². The molecule has 0 bridgehead atoms. The number of rotatable bonds is 2. The van der Waals surface area contributed by atoms with Crippen molar-refractivity contribution in [3.05, 3.63) is 155 Å². The molecule has 4 heterocycles. The van der Waals surface area contributed by atoms with Crippen molar-refractivity contribution in [3.8, 4) is 38.5 Å². The number of fused-ring (bicyclic) bond motifs is 15. The average Bonchev–Trinajstić information content (AvgIpc) is 3.94. The largest absolute Gasteiger partial charge is 0.376 e. The molecule has 3 nitrogen and oxygen atoms in total. The van der Waals surface area contributed by atoms with Crippen LogP contribution in [0.15, 0.2) is 121 Å². The van der Waals surface area contributed by atoms with E-state index in [4.69, 9.17) is 4.98 Å². The second-order valence-corrected chi connectivity index (χ2v) is 25.3. The first kappa shape index (κ1) is 41.3. The van der Waals surface area contributed by atoms with Gasteiger partial charge in [0.2, 0.25) is 0 Å². The predicted molar refractivity (Wildman–Crippen MR) is 289 cm³/mol. The number of anilines is 2. The molecule has 2 aliphatic carbocycles. The zero-order valence-electron chi connectivity index (χ0n) is 41.3. The Labute approximate surface area is 401 Å². The second kappa shape index (κ2) is 13.2. The van der Waals surface area contributed by atoms with Gasteiger partial charge in [0.25, 0.3) is 0 Å². The second-order valence-electron chi connectivity index (χ2n) is 24.3. The summed E-state index contributed by atoms with van der Waals surface area (Å²) >= 11 is 1.81. The fourth-order valence-corrected chi connectivity index (χ4v) is 13.9. The van der Waals surface area contributed by atoms with Gasteiger partial charge in [-0.25, -0.2) is 4.98 Å². The lowest BCUT2D eigenvalue weighted by atomic mass is 9.43. The van der Waals surface area contributed by atoms with Crippen LogP contribution in [0.4, 0.5) is 11.4 Å². The number of benzene rings is 7. The normalized spacial score (nSPS) is 17.1. The molecule has 2 aliphatic heterocycles. The quantitative estimate of drug-likeness (QED) is 0.161. The van der Waals surface area contributed by atoms with Crippen LogP contribution in [-0.4, -0.2) is 16.4 Å². The molecule has 0 amide bonds. The molecule has 13 rings (SSSR count). The SMILES string of the molecule is CC(C)(C)c1ccc(N2B3c4cc5nc(-c6ccccc6)sc5cc4-n4c5ccc(C(C)(C)C)cc5c5c6c(c(c3c54)-c3cc4c(cc32)C(C)(C)CCC4(C)C)-c2ccccc2C6(C)C)cc1. The van der Waals surface area contributed by atoms with Crippen LogP contribution >= 0.6 is 11.3 Å². The number of thiazole rings is 1. The first-order valence-corrected chi connectivity index (χ1v) is 25.4. The van der Waals surface area contributed by atoms with Crippen molar-refractivity contribution in [2.45, 2.75) is 123 Å². The highest BCUT2D eigenvalue weighted by Crippen LogP contribution is 2.60. The summed E-state index contributed by atoms with van der Waals surface area (Å²) in [7, 11) is 0. The van der Waals surface area contributed by atoms with Gasteiger partial charge in [-0.2, -0.15) is 0 Å². The van der Waals surface area contributed by atoms with E-state index in [9.17, 15) is 0 Å². The molecule has 0 unspecified atom stereocenters. The van der Waals surface area contributed by atoms with E-state index < -0.39 is 0 Å². The lowest BCUT2D eigenvalue weighted by Crippen LogP contribution is -2.61. The summed E-state index contributed by atoms with van der Waals surface area (Å²) in [6, 6.07) is 47.4. The van der Waals surface area contributed by atoms with E-state index in [0.717, 1.165) is 22.5 Å². The molecule has 9 aromatic rings. The zero-order valence-corrected chi connectivity index (χ0v) is 42.1. The third-order valence-corrected chi connectivity index (χ3v) is 17.8. The summed E-state index contributed by atoms with van der Waals surface area (Å²) in [6.07, 6.45) is 2.33. The Morgan fingerprint density at radius 3 is 1.97 bits per heavy atom. The summed E-state index contributed by atoms with van der Waals surface area (Å²) in [4.78, 5) is 8.23. The van der Waals surface area contributed by atoms with Gasteiger partial charge in [0, 0.05) is 44.4 Å². The highest BCUT2D eigenvalue weighted by atomic mass is 32.1. The van der Waals surface area contributed by atoms with Crippen molar-refractivity contribution >= 4 is 72.5 Å². The van der Waals surface area contributed by atoms with Crippen molar-refractivity contribution in [1.82, 2.24) is 9.55 Å². The Bertz CT molecular complexity index is 3620. The average molecular weight is 890 g/mol. The van der Waals surface area contributed by atoms with Gasteiger partial charge >= 0.3 is 6.85 Å². The van der Waals surface area contributed by atoms with Crippen LogP contribution in [0.2, 0.25) is 0 Å². The third-order valence-electron chi connectivity index (χ3n) is 16.7. The molecule has 0 saturated carbocycles. The van der Waals surface area contributed by atoms with Crippen molar-refractivity contribution in [2.24, 2.45) is 0 Å². The summed E-state index contributed by atoms with van der Waals surface area (Å²) in [6.45, 7) is 28.9. The lowest BCUT2D eigenvalue weighted by Gasteiger charge is -2.47. The van der Waals surface area contributed by atoms with E-state index in [0.29, 0.717) is 0 Å². The van der Waals surface area contributed by atoms with E-state index in [1.165, 1.54) is 117 Å². The molecule has 0 radical (unpaired) electrons. The first-order chi connectivity index (χ1) is 31.7. The zero-order chi connectivity index (χ0) is 46.5. The van der Waals surface area contributed by atoms with Crippen molar-refractivity contribution < 1.29 is 0 Å². The summed E-state index contributed by atoms with van der Waals surface area (Å²) in [5, 5.41) is 3.82. The van der Waals surface area contributed by atoms with Gasteiger partial charge in [0.1, 0.15) is 5.01 Å². The minimum Gasteiger partial charge on any atom is -0.376 e. The van der Waals surface area contributed by atoms with Crippen LogP contribution in [0, 0.1) is 0 Å². The van der Waals surface area contributed by atoms with Gasteiger partial charge in [-0.15, -0.1) is 11.3 Å². The van der Waals surface area contributed by atoms with Crippen LogP contribution in [0.1, 0.15) is 129 Å². The van der Waals surface area contributed by atoms with E-state index in [1.807, 2.05) is 11.3 Å². The molecule has 67 heavy (non-hydrogen) atoms. The van der Waals surface area contributed by atoms with Crippen molar-refractivity contribution in [3.63, 3.8) is 0 Å². The number of hydrogen-bond acceptors (Lipinski definition) is 3. The van der Waals surface area contributed by atoms with Crippen LogP contribution in [0.3, 0.4) is 0 Å². The molecule has 0 N–H and O–H groups in total. The van der Waals surface area contributed by atoms with Gasteiger partial charge in [0.15, 0.2) is 0 Å². The van der Waals surface area contributed by atoms with E-state index in [1.54, 1.807) is 0 Å². The highest BCUT2D eigenvalue weighted by Gasteiger charge is 2.51. The maximum atomic E-state index is 5.46. The maximum Gasteiger partial charge on any atom is 0.333 e. The fourth-order valence-electron chi connectivity index (χ4n) is 12.9. The smallest absolute Gasteiger partial charge is 0.333 e. The van der Waals surface area contributed by atoms with Gasteiger partial charge in [0.05, 0.1) is 21.3 Å². The Hall–Kier alpha value is -5.91. The Morgan fingerprint density at radius 2 is 1.27 bits per heavy atom. The molecule has 7 aromatic carbocycles. The van der Waals surface area contributed by atoms with Gasteiger partial charge < -0.3 is 9.38 Å². The highest BCUT2D eigenvalue weighted by molar-refractivity contribution is 7.21. The summed E-state index contributed by atoms with van der Waals surface area (Å²) in [5.74, 6) is 0. The van der Waals surface area contributed by atoms with Gasteiger partial charge in [-0.3, -0.25) is 0 Å². The predicted octanol–water partition coefficient (Wildman–Crippen LogP) is 15.5. The van der Waals surface area contributed by atoms with Gasteiger partial charge in [-0.1, -0.05) is 156 Å². The van der Waals surface area contributed by atoms with Crippen LogP contribution in [0.5, 0.6) is 0 Å². The number of nitrogens with zero attached hydrogens (tertiary/aromatic N) is 3. The third kappa shape index (κ3) is 5.55. The Kier molecular flexibility index (Phi) is 8.14. The van der Waals surface area contributed by atoms with E-state index in [-0.39, 0.29) is 33.9 Å². The Balaban J connectivity index is 1.26. The lowest BCUT2D eigenvalue weighted by molar-refractivity contribution is 0.332. The molecular formula is C62H60BN3S. The molecule has 5 heteroatoms. The monoisotopic (exact) mass is 889 g/mol. The maximum absolute atomic E-state index is 5.46. The molecule has 0 saturated heterocycles. The van der Waals surface area contributed by atoms with Crippen molar-refractivity contribution in [1.29, 1.82) is 0 Å². The van der Waals surface area contributed by atoms with E-state index >= 15 is 0 Å². The molecule has 0 fully saturated rings. The fraction of sp³-hybridized carbons (Fsp3) is 0.306. The standard InChI is InChI=1S/C62H60BN3S/c1-58(2,3)36-22-25-38(26-23-36)66-48-32-44-43(60(7,8)28-29-61(44,9)10)31-41(48)52-51-39-20-16-17-21-42(39)62(11,12)54(51)53-40-30-37(59(4,5)6)24-27-47(40)65-49-34-50-46(33-45(49)63(66)55(52)56(53)65)64-57(67-50)35-18-14-13-15-19-35/h13-27,30-34H,28-29H2,1-12H3. The summed E-state index contributed by atoms with van der Waals surface area (Å²) < 4.78 is 3.91. The molecular weight excluding hydrogens is 830 g/mol. The minimum atomic E-state index is -0.241. The van der Waals surface area contributed by atoms with Crippen LogP contribution < -0.4 is 15.7 Å². The van der Waals surface area contributed by atoms with Gasteiger partial charge in [-0.05, 0) is 144 Å². The number of aromatic nitrogens is 2.